The van der Waals surface area contributed by atoms with Crippen LogP contribution in [0.25, 0.3) is 22.2 Å². The molecule has 0 saturated carbocycles. The van der Waals surface area contributed by atoms with E-state index in [1.165, 1.54) is 6.07 Å². The number of halogens is 3. The van der Waals surface area contributed by atoms with Crippen molar-refractivity contribution < 1.29 is 8.78 Å². The Bertz CT molecular complexity index is 875. The van der Waals surface area contributed by atoms with Gasteiger partial charge in [-0.05, 0) is 36.6 Å². The maximum absolute atomic E-state index is 14.2. The molecule has 0 spiro atoms. The normalized spacial score (nSPS) is 13.9. The summed E-state index contributed by atoms with van der Waals surface area (Å²) in [5, 5.41) is 4.89. The fourth-order valence-corrected chi connectivity index (χ4v) is 2.90. The van der Waals surface area contributed by atoms with Crippen LogP contribution >= 0.6 is 11.6 Å². The number of aryl methyl sites for hydroxylation is 2. The highest BCUT2D eigenvalue weighted by Gasteiger charge is 2.21. The SMILES string of the molecule is Fc1cnc(Cl)nc1-c1cc(F)c2nn3c(c2c1)CCC3. The Hall–Kier alpha value is -2.08. The number of rotatable bonds is 1. The summed E-state index contributed by atoms with van der Waals surface area (Å²) in [4.78, 5) is 7.42. The van der Waals surface area contributed by atoms with Crippen LogP contribution in [0.5, 0.6) is 0 Å². The molecule has 4 nitrogen and oxygen atoms in total. The van der Waals surface area contributed by atoms with Gasteiger partial charge in [-0.15, -0.1) is 0 Å². The van der Waals surface area contributed by atoms with Gasteiger partial charge < -0.3 is 0 Å². The summed E-state index contributed by atoms with van der Waals surface area (Å²) in [6, 6.07) is 2.94. The van der Waals surface area contributed by atoms with Gasteiger partial charge in [-0.25, -0.2) is 18.7 Å². The van der Waals surface area contributed by atoms with Crippen molar-refractivity contribution >= 4 is 22.5 Å². The van der Waals surface area contributed by atoms with Crippen LogP contribution in [-0.2, 0) is 13.0 Å². The summed E-state index contributed by atoms with van der Waals surface area (Å²) in [5.41, 5.74) is 1.62. The molecule has 106 valence electrons. The summed E-state index contributed by atoms with van der Waals surface area (Å²) in [5.74, 6) is -1.12. The Labute approximate surface area is 123 Å². The maximum Gasteiger partial charge on any atom is 0.223 e. The largest absolute Gasteiger partial charge is 0.268 e. The number of fused-ring (bicyclic) bond motifs is 3. The van der Waals surface area contributed by atoms with E-state index in [-0.39, 0.29) is 11.0 Å². The van der Waals surface area contributed by atoms with E-state index in [1.807, 2.05) is 0 Å². The first-order valence-electron chi connectivity index (χ1n) is 6.51. The highest BCUT2D eigenvalue weighted by atomic mass is 35.5. The molecule has 4 rings (SSSR count). The second-order valence-electron chi connectivity index (χ2n) is 4.96. The summed E-state index contributed by atoms with van der Waals surface area (Å²) in [6.45, 7) is 0.784. The van der Waals surface area contributed by atoms with Gasteiger partial charge in [-0.3, -0.25) is 4.68 Å². The lowest BCUT2D eigenvalue weighted by molar-refractivity contribution is 0.615. The van der Waals surface area contributed by atoms with E-state index in [4.69, 9.17) is 11.6 Å². The van der Waals surface area contributed by atoms with Gasteiger partial charge in [0.1, 0.15) is 11.2 Å². The average molecular weight is 307 g/mol. The minimum Gasteiger partial charge on any atom is -0.268 e. The molecule has 0 unspecified atom stereocenters. The first-order valence-corrected chi connectivity index (χ1v) is 6.88. The highest BCUT2D eigenvalue weighted by molar-refractivity contribution is 6.28. The van der Waals surface area contributed by atoms with Gasteiger partial charge in [0.15, 0.2) is 11.6 Å². The molecule has 3 aromatic rings. The van der Waals surface area contributed by atoms with Crippen molar-refractivity contribution in [3.05, 3.63) is 40.9 Å². The molecule has 0 fully saturated rings. The molecule has 0 saturated heterocycles. The molecule has 2 aromatic heterocycles. The van der Waals surface area contributed by atoms with Crippen molar-refractivity contribution in [1.82, 2.24) is 19.7 Å². The van der Waals surface area contributed by atoms with Gasteiger partial charge in [-0.2, -0.15) is 5.10 Å². The molecule has 1 aliphatic rings. The number of aromatic nitrogens is 4. The minimum atomic E-state index is -0.637. The molecular formula is C14H9ClF2N4. The standard InChI is InChI=1S/C14H9ClF2N4/c15-14-18-6-10(17)12(19-14)7-4-8-11-2-1-3-21(11)20-13(8)9(16)5-7/h4-6H,1-3H2. The monoisotopic (exact) mass is 306 g/mol. The highest BCUT2D eigenvalue weighted by Crippen LogP contribution is 2.31. The van der Waals surface area contributed by atoms with E-state index < -0.39 is 11.6 Å². The fraction of sp³-hybridized carbons (Fsp3) is 0.214. The third kappa shape index (κ3) is 1.90. The van der Waals surface area contributed by atoms with Crippen LogP contribution in [0.3, 0.4) is 0 Å². The van der Waals surface area contributed by atoms with E-state index in [1.54, 1.807) is 10.7 Å². The van der Waals surface area contributed by atoms with Gasteiger partial charge in [0.2, 0.25) is 5.28 Å². The zero-order valence-corrected chi connectivity index (χ0v) is 11.5. The summed E-state index contributed by atoms with van der Waals surface area (Å²) in [6.07, 6.45) is 2.80. The smallest absolute Gasteiger partial charge is 0.223 e. The molecule has 0 atom stereocenters. The maximum atomic E-state index is 14.2. The van der Waals surface area contributed by atoms with E-state index in [0.29, 0.717) is 16.5 Å². The predicted octanol–water partition coefficient (Wildman–Crippen LogP) is 3.37. The topological polar surface area (TPSA) is 43.6 Å². The van der Waals surface area contributed by atoms with Gasteiger partial charge in [0.05, 0.1) is 6.20 Å². The van der Waals surface area contributed by atoms with Crippen molar-refractivity contribution in [1.29, 1.82) is 0 Å². The first kappa shape index (κ1) is 12.6. The van der Waals surface area contributed by atoms with Crippen molar-refractivity contribution in [2.45, 2.75) is 19.4 Å². The molecule has 0 amide bonds. The molecule has 1 aromatic carbocycles. The number of hydrogen-bond acceptors (Lipinski definition) is 3. The Kier molecular flexibility index (Phi) is 2.68. The Morgan fingerprint density at radius 2 is 2.05 bits per heavy atom. The van der Waals surface area contributed by atoms with Gasteiger partial charge in [0, 0.05) is 23.2 Å². The molecule has 0 radical (unpaired) electrons. The molecule has 0 N–H and O–H groups in total. The van der Waals surface area contributed by atoms with Gasteiger partial charge in [-0.1, -0.05) is 0 Å². The zero-order valence-electron chi connectivity index (χ0n) is 10.8. The van der Waals surface area contributed by atoms with Gasteiger partial charge in [0.25, 0.3) is 0 Å². The molecule has 0 bridgehead atoms. The number of nitrogens with zero attached hydrogens (tertiary/aromatic N) is 4. The minimum absolute atomic E-state index is 0.00579. The molecule has 1 aliphatic heterocycles. The third-order valence-electron chi connectivity index (χ3n) is 3.68. The van der Waals surface area contributed by atoms with Crippen LogP contribution in [0.4, 0.5) is 8.78 Å². The van der Waals surface area contributed by atoms with Crippen molar-refractivity contribution in [3.8, 4) is 11.3 Å². The number of hydrogen-bond donors (Lipinski definition) is 0. The first-order chi connectivity index (χ1) is 10.1. The van der Waals surface area contributed by atoms with E-state index >= 15 is 0 Å². The fourth-order valence-electron chi connectivity index (χ4n) is 2.77. The Balaban J connectivity index is 2.00. The van der Waals surface area contributed by atoms with E-state index in [0.717, 1.165) is 31.3 Å². The Morgan fingerprint density at radius 3 is 2.90 bits per heavy atom. The second kappa shape index (κ2) is 4.46. The van der Waals surface area contributed by atoms with Crippen LogP contribution in [0, 0.1) is 11.6 Å². The van der Waals surface area contributed by atoms with Gasteiger partial charge >= 0.3 is 0 Å². The van der Waals surface area contributed by atoms with E-state index in [2.05, 4.69) is 15.1 Å². The lowest BCUT2D eigenvalue weighted by atomic mass is 10.1. The molecule has 7 heteroatoms. The van der Waals surface area contributed by atoms with Crippen LogP contribution < -0.4 is 0 Å². The number of benzene rings is 1. The molecular weight excluding hydrogens is 298 g/mol. The summed E-state index contributed by atoms with van der Waals surface area (Å²) >= 11 is 5.70. The lowest BCUT2D eigenvalue weighted by Crippen LogP contribution is -1.94. The van der Waals surface area contributed by atoms with Crippen LogP contribution in [0.15, 0.2) is 18.3 Å². The third-order valence-corrected chi connectivity index (χ3v) is 3.86. The molecule has 21 heavy (non-hydrogen) atoms. The van der Waals surface area contributed by atoms with Crippen molar-refractivity contribution in [2.24, 2.45) is 0 Å². The second-order valence-corrected chi connectivity index (χ2v) is 5.30. The average Bonchev–Trinajstić information content (AvgIpc) is 3.03. The predicted molar refractivity (Wildman–Crippen MR) is 74.0 cm³/mol. The van der Waals surface area contributed by atoms with E-state index in [9.17, 15) is 8.78 Å². The van der Waals surface area contributed by atoms with Crippen LogP contribution in [-0.4, -0.2) is 19.7 Å². The van der Waals surface area contributed by atoms with Crippen molar-refractivity contribution in [3.63, 3.8) is 0 Å². The Morgan fingerprint density at radius 1 is 1.19 bits per heavy atom. The molecule has 0 aliphatic carbocycles. The van der Waals surface area contributed by atoms with Crippen molar-refractivity contribution in [2.75, 3.05) is 0 Å². The summed E-state index contributed by atoms with van der Waals surface area (Å²) in [7, 11) is 0. The quantitative estimate of drug-likeness (QED) is 0.647. The molecule has 3 heterocycles. The zero-order chi connectivity index (χ0) is 14.6. The summed E-state index contributed by atoms with van der Waals surface area (Å²) < 4.78 is 29.9. The van der Waals surface area contributed by atoms with Crippen LogP contribution in [0.1, 0.15) is 12.1 Å². The van der Waals surface area contributed by atoms with Crippen LogP contribution in [0.2, 0.25) is 5.28 Å². The lowest BCUT2D eigenvalue weighted by Gasteiger charge is -2.04.